The van der Waals surface area contributed by atoms with Crippen LogP contribution in [0.2, 0.25) is 0 Å². The molecular formula is C22H34N6O. The van der Waals surface area contributed by atoms with Crippen LogP contribution in [0.15, 0.2) is 29.4 Å². The first-order valence-corrected chi connectivity index (χ1v) is 10.7. The van der Waals surface area contributed by atoms with Crippen molar-refractivity contribution in [3.05, 3.63) is 35.8 Å². The zero-order chi connectivity index (χ0) is 20.8. The number of hydrogen-bond donors (Lipinski definition) is 3. The van der Waals surface area contributed by atoms with E-state index in [-0.39, 0.29) is 23.9 Å². The number of imidazole rings is 1. The SMILES string of the molecule is CCNC(=NCc1cn2c(C)cccc2n1)NC1CCCC(C(=O)NC(C)C)C1. The maximum Gasteiger partial charge on any atom is 0.223 e. The molecule has 0 radical (unpaired) electrons. The van der Waals surface area contributed by atoms with E-state index in [0.717, 1.165) is 55.2 Å². The minimum atomic E-state index is 0.0768. The third-order valence-electron chi connectivity index (χ3n) is 5.31. The van der Waals surface area contributed by atoms with Gasteiger partial charge in [-0.2, -0.15) is 0 Å². The molecule has 0 saturated heterocycles. The highest BCUT2D eigenvalue weighted by Crippen LogP contribution is 2.24. The van der Waals surface area contributed by atoms with Crippen LogP contribution in [0.5, 0.6) is 0 Å². The van der Waals surface area contributed by atoms with E-state index in [1.54, 1.807) is 0 Å². The minimum Gasteiger partial charge on any atom is -0.357 e. The quantitative estimate of drug-likeness (QED) is 0.516. The van der Waals surface area contributed by atoms with Gasteiger partial charge >= 0.3 is 0 Å². The summed E-state index contributed by atoms with van der Waals surface area (Å²) in [6.45, 7) is 9.45. The monoisotopic (exact) mass is 398 g/mol. The number of amides is 1. The number of carbonyl (C=O) groups excluding carboxylic acids is 1. The van der Waals surface area contributed by atoms with Crippen LogP contribution in [0.1, 0.15) is 57.8 Å². The fourth-order valence-electron chi connectivity index (χ4n) is 3.91. The molecule has 1 fully saturated rings. The van der Waals surface area contributed by atoms with Gasteiger partial charge in [-0.25, -0.2) is 9.98 Å². The molecule has 2 atom stereocenters. The van der Waals surface area contributed by atoms with Crippen LogP contribution in [0.4, 0.5) is 0 Å². The topological polar surface area (TPSA) is 82.8 Å². The largest absolute Gasteiger partial charge is 0.357 e. The molecule has 0 aliphatic heterocycles. The van der Waals surface area contributed by atoms with Crippen LogP contribution in [0.25, 0.3) is 5.65 Å². The summed E-state index contributed by atoms with van der Waals surface area (Å²) in [5.74, 6) is 1.04. The Morgan fingerprint density at radius 2 is 2.17 bits per heavy atom. The van der Waals surface area contributed by atoms with Gasteiger partial charge in [-0.05, 0) is 59.1 Å². The summed E-state index contributed by atoms with van der Waals surface area (Å²) in [4.78, 5) is 21.8. The average Bonchev–Trinajstić information content (AvgIpc) is 3.11. The summed E-state index contributed by atoms with van der Waals surface area (Å²) in [7, 11) is 0. The maximum atomic E-state index is 12.4. The number of carbonyl (C=O) groups is 1. The lowest BCUT2D eigenvalue weighted by molar-refractivity contribution is -0.126. The minimum absolute atomic E-state index is 0.0768. The molecule has 0 aromatic carbocycles. The highest BCUT2D eigenvalue weighted by atomic mass is 16.1. The molecule has 0 spiro atoms. The Kier molecular flexibility index (Phi) is 7.12. The van der Waals surface area contributed by atoms with Gasteiger partial charge < -0.3 is 20.4 Å². The normalized spacial score (nSPS) is 20.1. The summed E-state index contributed by atoms with van der Waals surface area (Å²) in [5, 5.41) is 9.91. The van der Waals surface area contributed by atoms with Crippen LogP contribution in [0.3, 0.4) is 0 Å². The predicted octanol–water partition coefficient (Wildman–Crippen LogP) is 2.78. The van der Waals surface area contributed by atoms with Crippen molar-refractivity contribution in [1.29, 1.82) is 0 Å². The van der Waals surface area contributed by atoms with E-state index < -0.39 is 0 Å². The molecule has 7 heteroatoms. The molecule has 2 heterocycles. The van der Waals surface area contributed by atoms with Crippen molar-refractivity contribution in [3.8, 4) is 0 Å². The lowest BCUT2D eigenvalue weighted by Gasteiger charge is -2.30. The summed E-state index contributed by atoms with van der Waals surface area (Å²) >= 11 is 0. The number of guanidine groups is 1. The van der Waals surface area contributed by atoms with Crippen LogP contribution in [0, 0.1) is 12.8 Å². The lowest BCUT2D eigenvalue weighted by Crippen LogP contribution is -2.47. The Hall–Kier alpha value is -2.57. The number of aryl methyl sites for hydroxylation is 1. The molecule has 0 bridgehead atoms. The molecule has 7 nitrogen and oxygen atoms in total. The molecule has 2 aromatic heterocycles. The Morgan fingerprint density at radius 3 is 2.90 bits per heavy atom. The molecule has 158 valence electrons. The summed E-state index contributed by atoms with van der Waals surface area (Å²) in [6, 6.07) is 6.54. The predicted molar refractivity (Wildman–Crippen MR) is 117 cm³/mol. The van der Waals surface area contributed by atoms with E-state index >= 15 is 0 Å². The zero-order valence-electron chi connectivity index (χ0n) is 18.0. The van der Waals surface area contributed by atoms with Crippen molar-refractivity contribution in [1.82, 2.24) is 25.3 Å². The van der Waals surface area contributed by atoms with E-state index in [0.29, 0.717) is 6.54 Å². The highest BCUT2D eigenvalue weighted by molar-refractivity contribution is 5.81. The number of nitrogens with one attached hydrogen (secondary N) is 3. The Bertz CT molecular complexity index is 856. The fraction of sp³-hybridized carbons (Fsp3) is 0.591. The molecule has 1 saturated carbocycles. The van der Waals surface area contributed by atoms with Crippen LogP contribution in [-0.4, -0.2) is 39.9 Å². The lowest BCUT2D eigenvalue weighted by atomic mass is 9.85. The van der Waals surface area contributed by atoms with Crippen molar-refractivity contribution >= 4 is 17.5 Å². The number of fused-ring (bicyclic) bond motifs is 1. The second-order valence-corrected chi connectivity index (χ2v) is 8.19. The van der Waals surface area contributed by atoms with Gasteiger partial charge in [0.15, 0.2) is 5.96 Å². The van der Waals surface area contributed by atoms with Crippen molar-refractivity contribution in [2.45, 2.75) is 72.0 Å². The van der Waals surface area contributed by atoms with Gasteiger partial charge in [-0.1, -0.05) is 12.5 Å². The van der Waals surface area contributed by atoms with E-state index in [2.05, 4.69) is 45.2 Å². The third kappa shape index (κ3) is 5.71. The van der Waals surface area contributed by atoms with E-state index in [1.807, 2.05) is 32.2 Å². The van der Waals surface area contributed by atoms with Gasteiger partial charge in [0, 0.05) is 36.4 Å². The number of aromatic nitrogens is 2. The molecule has 1 aliphatic carbocycles. The second-order valence-electron chi connectivity index (χ2n) is 8.19. The maximum absolute atomic E-state index is 12.4. The Labute approximate surface area is 173 Å². The van der Waals surface area contributed by atoms with Gasteiger partial charge in [-0.3, -0.25) is 4.79 Å². The number of nitrogens with zero attached hydrogens (tertiary/aromatic N) is 3. The Balaban J connectivity index is 1.64. The number of hydrogen-bond acceptors (Lipinski definition) is 3. The molecule has 2 unspecified atom stereocenters. The first-order chi connectivity index (χ1) is 14.0. The fourth-order valence-corrected chi connectivity index (χ4v) is 3.91. The van der Waals surface area contributed by atoms with Gasteiger partial charge in [0.25, 0.3) is 0 Å². The molecule has 1 aliphatic rings. The highest BCUT2D eigenvalue weighted by Gasteiger charge is 2.28. The Morgan fingerprint density at radius 1 is 1.34 bits per heavy atom. The molecule has 1 amide bonds. The summed E-state index contributed by atoms with van der Waals surface area (Å²) in [5.41, 5.74) is 3.04. The van der Waals surface area contributed by atoms with Gasteiger partial charge in [0.2, 0.25) is 5.91 Å². The van der Waals surface area contributed by atoms with Crippen molar-refractivity contribution < 1.29 is 4.79 Å². The van der Waals surface area contributed by atoms with Crippen LogP contribution >= 0.6 is 0 Å². The van der Waals surface area contributed by atoms with Gasteiger partial charge in [0.1, 0.15) is 5.65 Å². The first kappa shape index (κ1) is 21.1. The summed E-state index contributed by atoms with van der Waals surface area (Å²) < 4.78 is 2.09. The molecule has 29 heavy (non-hydrogen) atoms. The number of rotatable bonds is 6. The number of aliphatic imine (C=N–C) groups is 1. The zero-order valence-corrected chi connectivity index (χ0v) is 18.0. The van der Waals surface area contributed by atoms with Crippen LogP contribution in [-0.2, 0) is 11.3 Å². The van der Waals surface area contributed by atoms with Crippen molar-refractivity contribution in [2.75, 3.05) is 6.54 Å². The van der Waals surface area contributed by atoms with E-state index in [9.17, 15) is 4.79 Å². The standard InChI is InChI=1S/C22H34N6O/c1-5-23-22(24-13-19-14-28-16(4)8-6-11-20(28)26-19)27-18-10-7-9-17(12-18)21(29)25-15(2)3/h6,8,11,14-15,17-18H,5,7,9-10,12-13H2,1-4H3,(H,25,29)(H2,23,24,27). The first-order valence-electron chi connectivity index (χ1n) is 10.7. The smallest absolute Gasteiger partial charge is 0.223 e. The average molecular weight is 399 g/mol. The second kappa shape index (κ2) is 9.76. The third-order valence-corrected chi connectivity index (χ3v) is 5.31. The van der Waals surface area contributed by atoms with E-state index in [4.69, 9.17) is 4.99 Å². The number of pyridine rings is 1. The molecule has 3 rings (SSSR count). The van der Waals surface area contributed by atoms with Crippen molar-refractivity contribution in [2.24, 2.45) is 10.9 Å². The van der Waals surface area contributed by atoms with Gasteiger partial charge in [-0.15, -0.1) is 0 Å². The molecular weight excluding hydrogens is 364 g/mol. The molecule has 3 N–H and O–H groups in total. The summed E-state index contributed by atoms with van der Waals surface area (Å²) in [6.07, 6.45) is 5.97. The van der Waals surface area contributed by atoms with Crippen LogP contribution < -0.4 is 16.0 Å². The molecule has 2 aromatic rings. The van der Waals surface area contributed by atoms with Gasteiger partial charge in [0.05, 0.1) is 12.2 Å². The van der Waals surface area contributed by atoms with Crippen molar-refractivity contribution in [3.63, 3.8) is 0 Å². The van der Waals surface area contributed by atoms with E-state index in [1.165, 1.54) is 0 Å².